The molecule has 1 N–H and O–H groups in total. The second-order valence-corrected chi connectivity index (χ2v) is 6.62. The molecule has 7 heteroatoms. The second-order valence-electron chi connectivity index (χ2n) is 5.76. The first-order valence-corrected chi connectivity index (χ1v) is 8.75. The van der Waals surface area contributed by atoms with Crippen molar-refractivity contribution in [3.05, 3.63) is 40.4 Å². The fourth-order valence-corrected chi connectivity index (χ4v) is 3.42. The fourth-order valence-electron chi connectivity index (χ4n) is 2.71. The number of aromatic nitrogens is 3. The molecule has 0 bridgehead atoms. The Kier molecular flexibility index (Phi) is 4.53. The van der Waals surface area contributed by atoms with Crippen LogP contribution in [0.3, 0.4) is 0 Å². The summed E-state index contributed by atoms with van der Waals surface area (Å²) in [5, 5.41) is 8.98. The van der Waals surface area contributed by atoms with Crippen LogP contribution in [0.1, 0.15) is 41.0 Å². The average molecular weight is 344 g/mol. The fraction of sp³-hybridized carbons (Fsp3) is 0.353. The number of carbonyl (C=O) groups excluding carboxylic acids is 1. The van der Waals surface area contributed by atoms with E-state index >= 15 is 0 Å². The highest BCUT2D eigenvalue weighted by Gasteiger charge is 2.16. The Morgan fingerprint density at radius 3 is 2.79 bits per heavy atom. The molecule has 3 rings (SSSR count). The van der Waals surface area contributed by atoms with E-state index in [4.69, 9.17) is 4.52 Å². The van der Waals surface area contributed by atoms with Crippen LogP contribution in [0.4, 0.5) is 5.13 Å². The van der Waals surface area contributed by atoms with Crippen molar-refractivity contribution in [3.8, 4) is 11.3 Å². The maximum Gasteiger partial charge on any atom is 0.296 e. The summed E-state index contributed by atoms with van der Waals surface area (Å²) in [4.78, 5) is 16.6. The Bertz CT molecular complexity index is 875. The molecule has 1 amide bonds. The number of carbonyl (C=O) groups is 1. The van der Waals surface area contributed by atoms with E-state index in [1.165, 1.54) is 22.7 Å². The third kappa shape index (κ3) is 3.12. The summed E-state index contributed by atoms with van der Waals surface area (Å²) >= 11 is 1.40. The molecule has 0 fully saturated rings. The first-order chi connectivity index (χ1) is 11.5. The molecule has 3 heterocycles. The van der Waals surface area contributed by atoms with Gasteiger partial charge in [-0.3, -0.25) is 10.1 Å². The van der Waals surface area contributed by atoms with Gasteiger partial charge in [0.2, 0.25) is 5.76 Å². The quantitative estimate of drug-likeness (QED) is 0.753. The van der Waals surface area contributed by atoms with Crippen molar-refractivity contribution in [1.29, 1.82) is 0 Å². The van der Waals surface area contributed by atoms with Crippen LogP contribution in [0.25, 0.3) is 11.3 Å². The first-order valence-electron chi connectivity index (χ1n) is 7.87. The molecule has 24 heavy (non-hydrogen) atoms. The number of amides is 1. The van der Waals surface area contributed by atoms with Gasteiger partial charge in [-0.05, 0) is 33.3 Å². The zero-order valence-corrected chi connectivity index (χ0v) is 15.0. The molecule has 0 saturated heterocycles. The molecular weight excluding hydrogens is 324 g/mol. The van der Waals surface area contributed by atoms with Crippen molar-refractivity contribution in [3.63, 3.8) is 0 Å². The lowest BCUT2D eigenvalue weighted by molar-refractivity contribution is 0.0988. The first kappa shape index (κ1) is 16.4. The lowest BCUT2D eigenvalue weighted by atomic mass is 10.2. The standard InChI is InChI=1S/C17H20N4O2S/c1-5-6-21-11(3)8-13(12(21)4)14-9-24-17(18-14)19-16(22)15-7-10(2)20-23-15/h7-9H,5-6H2,1-4H3,(H,18,19,22). The van der Waals surface area contributed by atoms with Gasteiger partial charge >= 0.3 is 0 Å². The largest absolute Gasteiger partial charge is 0.351 e. The Hall–Kier alpha value is -2.41. The van der Waals surface area contributed by atoms with Crippen molar-refractivity contribution >= 4 is 22.4 Å². The minimum Gasteiger partial charge on any atom is -0.351 e. The molecule has 3 aromatic rings. The van der Waals surface area contributed by atoms with E-state index in [1.54, 1.807) is 13.0 Å². The van der Waals surface area contributed by atoms with Crippen LogP contribution in [0.2, 0.25) is 0 Å². The molecule has 126 valence electrons. The maximum absolute atomic E-state index is 12.1. The summed E-state index contributed by atoms with van der Waals surface area (Å²) in [6.45, 7) is 9.14. The Morgan fingerprint density at radius 2 is 2.12 bits per heavy atom. The van der Waals surface area contributed by atoms with Crippen LogP contribution in [0.5, 0.6) is 0 Å². The lowest BCUT2D eigenvalue weighted by Crippen LogP contribution is -2.10. The van der Waals surface area contributed by atoms with Gasteiger partial charge < -0.3 is 9.09 Å². The number of rotatable bonds is 5. The van der Waals surface area contributed by atoms with Crippen molar-refractivity contribution in [2.24, 2.45) is 0 Å². The molecule has 0 unspecified atom stereocenters. The van der Waals surface area contributed by atoms with Crippen LogP contribution >= 0.6 is 11.3 Å². The van der Waals surface area contributed by atoms with Gasteiger partial charge in [0.05, 0.1) is 11.4 Å². The third-order valence-corrected chi connectivity index (χ3v) is 4.63. The van der Waals surface area contributed by atoms with E-state index in [9.17, 15) is 4.79 Å². The van der Waals surface area contributed by atoms with E-state index in [1.807, 2.05) is 5.38 Å². The molecule has 3 aromatic heterocycles. The number of hydrogen-bond donors (Lipinski definition) is 1. The van der Waals surface area contributed by atoms with E-state index in [0.717, 1.165) is 24.2 Å². The van der Waals surface area contributed by atoms with E-state index in [-0.39, 0.29) is 11.7 Å². The van der Waals surface area contributed by atoms with Gasteiger partial charge in [-0.25, -0.2) is 4.98 Å². The van der Waals surface area contributed by atoms with Crippen LogP contribution in [0, 0.1) is 20.8 Å². The predicted molar refractivity (Wildman–Crippen MR) is 94.5 cm³/mol. The summed E-state index contributed by atoms with van der Waals surface area (Å²) in [5.74, 6) is -0.154. The van der Waals surface area contributed by atoms with Crippen molar-refractivity contribution in [2.45, 2.75) is 40.7 Å². The van der Waals surface area contributed by atoms with Crippen LogP contribution in [-0.4, -0.2) is 20.6 Å². The van der Waals surface area contributed by atoms with Crippen molar-refractivity contribution in [1.82, 2.24) is 14.7 Å². The number of anilines is 1. The minimum atomic E-state index is -0.340. The number of aryl methyl sites for hydroxylation is 2. The zero-order chi connectivity index (χ0) is 17.3. The minimum absolute atomic E-state index is 0.186. The second kappa shape index (κ2) is 6.60. The van der Waals surface area contributed by atoms with Gasteiger partial charge in [0.1, 0.15) is 0 Å². The monoisotopic (exact) mass is 344 g/mol. The highest BCUT2D eigenvalue weighted by atomic mass is 32.1. The molecule has 0 aliphatic carbocycles. The number of thiazole rings is 1. The normalized spacial score (nSPS) is 11.0. The molecule has 0 radical (unpaired) electrons. The Morgan fingerprint density at radius 1 is 1.33 bits per heavy atom. The average Bonchev–Trinajstić information content (AvgIpc) is 3.23. The number of nitrogens with zero attached hydrogens (tertiary/aromatic N) is 3. The zero-order valence-electron chi connectivity index (χ0n) is 14.2. The molecule has 0 spiro atoms. The summed E-state index contributed by atoms with van der Waals surface area (Å²) in [5.41, 5.74) is 5.07. The van der Waals surface area contributed by atoms with Gasteiger partial charge in [0.25, 0.3) is 5.91 Å². The molecular formula is C17H20N4O2S. The predicted octanol–water partition coefficient (Wildman–Crippen LogP) is 4.19. The van der Waals surface area contributed by atoms with Gasteiger partial charge in [0.15, 0.2) is 5.13 Å². The Balaban J connectivity index is 1.81. The summed E-state index contributed by atoms with van der Waals surface area (Å²) in [6.07, 6.45) is 1.09. The number of hydrogen-bond acceptors (Lipinski definition) is 5. The van der Waals surface area contributed by atoms with Gasteiger partial charge in [-0.15, -0.1) is 11.3 Å². The van der Waals surface area contributed by atoms with Crippen LogP contribution < -0.4 is 5.32 Å². The molecule has 0 aliphatic rings. The van der Waals surface area contributed by atoms with Gasteiger partial charge in [-0.2, -0.15) is 0 Å². The topological polar surface area (TPSA) is 73.0 Å². The lowest BCUT2D eigenvalue weighted by Gasteiger charge is -2.07. The maximum atomic E-state index is 12.1. The van der Waals surface area contributed by atoms with Crippen LogP contribution in [-0.2, 0) is 6.54 Å². The molecule has 0 aromatic carbocycles. The SMILES string of the molecule is CCCn1c(C)cc(-c2csc(NC(=O)c3cc(C)no3)n2)c1C. The molecule has 0 aliphatic heterocycles. The van der Waals surface area contributed by atoms with Gasteiger partial charge in [0, 0.05) is 34.9 Å². The van der Waals surface area contributed by atoms with E-state index < -0.39 is 0 Å². The third-order valence-electron chi connectivity index (χ3n) is 3.87. The highest BCUT2D eigenvalue weighted by Crippen LogP contribution is 2.30. The molecule has 6 nitrogen and oxygen atoms in total. The summed E-state index contributed by atoms with van der Waals surface area (Å²) in [7, 11) is 0. The van der Waals surface area contributed by atoms with Crippen molar-refractivity contribution in [2.75, 3.05) is 5.32 Å². The molecule has 0 saturated carbocycles. The van der Waals surface area contributed by atoms with E-state index in [2.05, 4.69) is 46.9 Å². The van der Waals surface area contributed by atoms with Crippen molar-refractivity contribution < 1.29 is 9.32 Å². The number of nitrogens with one attached hydrogen (secondary N) is 1. The Labute approximate surface area is 144 Å². The molecule has 0 atom stereocenters. The summed E-state index contributed by atoms with van der Waals surface area (Å²) in [6, 6.07) is 3.74. The smallest absolute Gasteiger partial charge is 0.296 e. The van der Waals surface area contributed by atoms with Crippen LogP contribution in [0.15, 0.2) is 22.0 Å². The van der Waals surface area contributed by atoms with Gasteiger partial charge in [-0.1, -0.05) is 12.1 Å². The summed E-state index contributed by atoms with van der Waals surface area (Å²) < 4.78 is 7.26. The highest BCUT2D eigenvalue weighted by molar-refractivity contribution is 7.14. The van der Waals surface area contributed by atoms with E-state index in [0.29, 0.717) is 10.8 Å².